The molecule has 2 rings (SSSR count). The minimum Gasteiger partial charge on any atom is -0.453 e. The Morgan fingerprint density at radius 3 is 2.90 bits per heavy atom. The Hall–Kier alpha value is -1.72. The summed E-state index contributed by atoms with van der Waals surface area (Å²) < 4.78 is 10.1. The Bertz CT molecular complexity index is 505. The number of amides is 1. The molecule has 1 aromatic heterocycles. The van der Waals surface area contributed by atoms with E-state index in [1.165, 1.54) is 13.2 Å². The van der Waals surface area contributed by atoms with Gasteiger partial charge in [0.15, 0.2) is 0 Å². The van der Waals surface area contributed by atoms with Crippen LogP contribution in [-0.2, 0) is 4.74 Å². The van der Waals surface area contributed by atoms with Gasteiger partial charge in [-0.2, -0.15) is 5.16 Å². The number of likely N-dealkylation sites (tertiary alicyclic amines) is 1. The molecular weight excluding hydrogens is 260 g/mol. The predicted molar refractivity (Wildman–Crippen MR) is 73.7 cm³/mol. The summed E-state index contributed by atoms with van der Waals surface area (Å²) in [6.45, 7) is 4.90. The van der Waals surface area contributed by atoms with Crippen LogP contribution >= 0.6 is 0 Å². The monoisotopic (exact) mass is 282 g/mol. The van der Waals surface area contributed by atoms with E-state index in [2.05, 4.69) is 19.0 Å². The maximum Gasteiger partial charge on any atom is 0.409 e. The van der Waals surface area contributed by atoms with Gasteiger partial charge in [-0.3, -0.25) is 4.79 Å². The SMILES string of the molecule is COC(=O)N1CCC(c2cc(=O)[nH]o2)CC1CC(C)C. The molecule has 6 nitrogen and oxygen atoms in total. The van der Waals surface area contributed by atoms with Gasteiger partial charge in [-0.25, -0.2) is 4.79 Å². The van der Waals surface area contributed by atoms with E-state index in [1.54, 1.807) is 4.90 Å². The minimum atomic E-state index is -0.273. The Labute approximate surface area is 118 Å². The number of piperidine rings is 1. The predicted octanol–water partition coefficient (Wildman–Crippen LogP) is 2.33. The van der Waals surface area contributed by atoms with Gasteiger partial charge in [0.05, 0.1) is 7.11 Å². The van der Waals surface area contributed by atoms with Crippen LogP contribution in [0.25, 0.3) is 0 Å². The molecule has 0 bridgehead atoms. The molecule has 0 saturated carbocycles. The van der Waals surface area contributed by atoms with E-state index in [-0.39, 0.29) is 23.6 Å². The van der Waals surface area contributed by atoms with Crippen molar-refractivity contribution in [3.8, 4) is 0 Å². The molecule has 1 aliphatic heterocycles. The molecule has 6 heteroatoms. The van der Waals surface area contributed by atoms with E-state index in [0.29, 0.717) is 18.2 Å². The van der Waals surface area contributed by atoms with Crippen LogP contribution in [0.5, 0.6) is 0 Å². The number of hydrogen-bond donors (Lipinski definition) is 1. The third kappa shape index (κ3) is 3.23. The normalized spacial score (nSPS) is 23.1. The maximum atomic E-state index is 11.8. The first-order valence-corrected chi connectivity index (χ1v) is 7.04. The van der Waals surface area contributed by atoms with Gasteiger partial charge in [0, 0.05) is 24.6 Å². The highest BCUT2D eigenvalue weighted by Gasteiger charge is 2.34. The lowest BCUT2D eigenvalue weighted by molar-refractivity contribution is 0.0747. The lowest BCUT2D eigenvalue weighted by Crippen LogP contribution is -2.46. The fourth-order valence-electron chi connectivity index (χ4n) is 2.93. The molecule has 0 spiro atoms. The molecule has 1 amide bonds. The van der Waals surface area contributed by atoms with E-state index >= 15 is 0 Å². The van der Waals surface area contributed by atoms with Crippen LogP contribution in [0.2, 0.25) is 0 Å². The molecule has 2 atom stereocenters. The zero-order valence-corrected chi connectivity index (χ0v) is 12.2. The van der Waals surface area contributed by atoms with Crippen molar-refractivity contribution in [2.75, 3.05) is 13.7 Å². The van der Waals surface area contributed by atoms with Crippen molar-refractivity contribution in [1.29, 1.82) is 0 Å². The number of rotatable bonds is 3. The summed E-state index contributed by atoms with van der Waals surface area (Å²) in [5.74, 6) is 1.36. The summed E-state index contributed by atoms with van der Waals surface area (Å²) >= 11 is 0. The second-order valence-corrected chi connectivity index (χ2v) is 5.78. The van der Waals surface area contributed by atoms with Gasteiger partial charge in [0.25, 0.3) is 5.56 Å². The molecule has 0 aromatic carbocycles. The molecule has 1 fully saturated rings. The van der Waals surface area contributed by atoms with Crippen molar-refractivity contribution >= 4 is 6.09 Å². The molecule has 20 heavy (non-hydrogen) atoms. The summed E-state index contributed by atoms with van der Waals surface area (Å²) in [5.41, 5.74) is -0.212. The molecule has 0 radical (unpaired) electrons. The number of H-pyrrole nitrogens is 1. The average Bonchev–Trinajstić information content (AvgIpc) is 2.84. The Balaban J connectivity index is 2.12. The quantitative estimate of drug-likeness (QED) is 0.923. The van der Waals surface area contributed by atoms with Crippen LogP contribution in [0.1, 0.15) is 44.8 Å². The number of aromatic nitrogens is 1. The highest BCUT2D eigenvalue weighted by molar-refractivity contribution is 5.68. The Kier molecular flexibility index (Phi) is 4.52. The number of nitrogens with zero attached hydrogens (tertiary/aromatic N) is 1. The number of hydrogen-bond acceptors (Lipinski definition) is 4. The van der Waals surface area contributed by atoms with Crippen molar-refractivity contribution in [2.24, 2.45) is 5.92 Å². The van der Waals surface area contributed by atoms with Crippen molar-refractivity contribution < 1.29 is 14.1 Å². The van der Waals surface area contributed by atoms with Gasteiger partial charge in [-0.1, -0.05) is 13.8 Å². The molecule has 2 unspecified atom stereocenters. The summed E-state index contributed by atoms with van der Waals surface area (Å²) in [6, 6.07) is 1.63. The number of carbonyl (C=O) groups excluding carboxylic acids is 1. The average molecular weight is 282 g/mol. The van der Waals surface area contributed by atoms with Gasteiger partial charge in [-0.15, -0.1) is 0 Å². The van der Waals surface area contributed by atoms with Gasteiger partial charge in [0.2, 0.25) is 0 Å². The van der Waals surface area contributed by atoms with E-state index in [4.69, 9.17) is 9.26 Å². The highest BCUT2D eigenvalue weighted by Crippen LogP contribution is 2.33. The number of carbonyl (C=O) groups is 1. The lowest BCUT2D eigenvalue weighted by Gasteiger charge is -2.38. The van der Waals surface area contributed by atoms with Crippen molar-refractivity contribution in [3.63, 3.8) is 0 Å². The van der Waals surface area contributed by atoms with Crippen LogP contribution in [0.15, 0.2) is 15.4 Å². The van der Waals surface area contributed by atoms with Crippen LogP contribution in [-0.4, -0.2) is 35.8 Å². The summed E-state index contributed by atoms with van der Waals surface area (Å²) in [7, 11) is 1.41. The van der Waals surface area contributed by atoms with Crippen LogP contribution in [0, 0.1) is 5.92 Å². The smallest absolute Gasteiger partial charge is 0.409 e. The van der Waals surface area contributed by atoms with Gasteiger partial charge >= 0.3 is 6.09 Å². The van der Waals surface area contributed by atoms with Crippen LogP contribution < -0.4 is 5.56 Å². The molecule has 1 aromatic rings. The maximum absolute atomic E-state index is 11.8. The van der Waals surface area contributed by atoms with Crippen molar-refractivity contribution in [3.05, 3.63) is 22.2 Å². The fraction of sp³-hybridized carbons (Fsp3) is 0.714. The number of nitrogens with one attached hydrogen (secondary N) is 1. The molecule has 2 heterocycles. The van der Waals surface area contributed by atoms with Gasteiger partial charge in [-0.05, 0) is 25.2 Å². The van der Waals surface area contributed by atoms with E-state index in [9.17, 15) is 9.59 Å². The third-order valence-electron chi connectivity index (χ3n) is 3.81. The summed E-state index contributed by atoms with van der Waals surface area (Å²) in [6.07, 6.45) is 2.23. The van der Waals surface area contributed by atoms with E-state index in [0.717, 1.165) is 19.3 Å². The zero-order valence-electron chi connectivity index (χ0n) is 12.2. The summed E-state index contributed by atoms with van der Waals surface area (Å²) in [4.78, 5) is 24.8. The van der Waals surface area contributed by atoms with Crippen molar-refractivity contribution in [2.45, 2.75) is 45.1 Å². The molecule has 112 valence electrons. The first-order chi connectivity index (χ1) is 9.51. The van der Waals surface area contributed by atoms with Crippen LogP contribution in [0.4, 0.5) is 4.79 Å². The lowest BCUT2D eigenvalue weighted by atomic mass is 9.85. The second kappa shape index (κ2) is 6.15. The largest absolute Gasteiger partial charge is 0.453 e. The topological polar surface area (TPSA) is 75.5 Å². The zero-order chi connectivity index (χ0) is 14.7. The van der Waals surface area contributed by atoms with Gasteiger partial charge < -0.3 is 14.2 Å². The first-order valence-electron chi connectivity index (χ1n) is 7.04. The number of methoxy groups -OCH3 is 1. The summed E-state index contributed by atoms with van der Waals surface area (Å²) in [5, 5.41) is 2.33. The Morgan fingerprint density at radius 2 is 2.35 bits per heavy atom. The van der Waals surface area contributed by atoms with E-state index < -0.39 is 0 Å². The Morgan fingerprint density at radius 1 is 1.60 bits per heavy atom. The second-order valence-electron chi connectivity index (χ2n) is 5.78. The number of aromatic amines is 1. The van der Waals surface area contributed by atoms with Crippen molar-refractivity contribution in [1.82, 2.24) is 10.1 Å². The molecule has 0 aliphatic carbocycles. The third-order valence-corrected chi connectivity index (χ3v) is 3.81. The fourth-order valence-corrected chi connectivity index (χ4v) is 2.93. The molecular formula is C14H22N2O4. The first kappa shape index (κ1) is 14.7. The highest BCUT2D eigenvalue weighted by atomic mass is 16.5. The van der Waals surface area contributed by atoms with E-state index in [1.807, 2.05) is 0 Å². The molecule has 1 aliphatic rings. The standard InChI is InChI=1S/C14H22N2O4/c1-9(2)6-11-7-10(12-8-13(17)15-20-12)4-5-16(11)14(18)19-3/h8-11H,4-7H2,1-3H3,(H,15,17). The number of ether oxygens (including phenoxy) is 1. The molecule has 1 N–H and O–H groups in total. The minimum absolute atomic E-state index is 0.126. The molecule has 1 saturated heterocycles. The van der Waals surface area contributed by atoms with Gasteiger partial charge in [0.1, 0.15) is 5.76 Å². The van der Waals surface area contributed by atoms with Crippen LogP contribution in [0.3, 0.4) is 0 Å².